The number of hydrogen-bond donors (Lipinski definition) is 0. The highest BCUT2D eigenvalue weighted by Gasteiger charge is 2.27. The number of sulfonamides is 1. The molecule has 0 spiro atoms. The Bertz CT molecular complexity index is 1000. The summed E-state index contributed by atoms with van der Waals surface area (Å²) in [5.74, 6) is 0.572. The maximum atomic E-state index is 13.3. The van der Waals surface area contributed by atoms with E-state index in [2.05, 4.69) is 0 Å². The fourth-order valence-corrected chi connectivity index (χ4v) is 5.29. The lowest BCUT2D eigenvalue weighted by Crippen LogP contribution is -2.29. The van der Waals surface area contributed by atoms with Crippen LogP contribution in [0.3, 0.4) is 0 Å². The molecule has 0 saturated carbocycles. The van der Waals surface area contributed by atoms with Crippen molar-refractivity contribution in [1.82, 2.24) is 9.21 Å². The molecule has 2 aromatic rings. The van der Waals surface area contributed by atoms with E-state index in [-0.39, 0.29) is 17.3 Å². The normalized spacial score (nSPS) is 14.3. The van der Waals surface area contributed by atoms with Gasteiger partial charge in [-0.05, 0) is 50.3 Å². The van der Waals surface area contributed by atoms with Crippen molar-refractivity contribution in [3.8, 4) is 5.75 Å². The second kappa shape index (κ2) is 9.85. The number of carbonyl (C=O) groups is 1. The van der Waals surface area contributed by atoms with Crippen LogP contribution in [0.4, 0.5) is 0 Å². The molecule has 3 rings (SSSR count). The minimum atomic E-state index is -3.78. The van der Waals surface area contributed by atoms with Gasteiger partial charge in [0.15, 0.2) is 0 Å². The van der Waals surface area contributed by atoms with Gasteiger partial charge in [0.1, 0.15) is 5.75 Å². The largest absolute Gasteiger partial charge is 0.494 e. The molecule has 1 aliphatic rings. The SMILES string of the molecule is CCOc1ccccc1CN(C)S(=O)(=O)c1ccc(SC)c(C(=O)N2CCCC2)c1. The number of carbonyl (C=O) groups excluding carboxylic acids is 1. The number of likely N-dealkylation sites (tertiary alicyclic amines) is 1. The Morgan fingerprint density at radius 1 is 1.17 bits per heavy atom. The van der Waals surface area contributed by atoms with Crippen molar-refractivity contribution in [1.29, 1.82) is 0 Å². The molecule has 162 valence electrons. The molecule has 8 heteroatoms. The fraction of sp³-hybridized carbons (Fsp3) is 0.409. The summed E-state index contributed by atoms with van der Waals surface area (Å²) in [6, 6.07) is 12.2. The van der Waals surface area contributed by atoms with E-state index in [1.165, 1.54) is 22.1 Å². The monoisotopic (exact) mass is 448 g/mol. The van der Waals surface area contributed by atoms with Gasteiger partial charge >= 0.3 is 0 Å². The molecule has 1 fully saturated rings. The zero-order valence-corrected chi connectivity index (χ0v) is 19.3. The topological polar surface area (TPSA) is 66.9 Å². The van der Waals surface area contributed by atoms with Gasteiger partial charge < -0.3 is 9.64 Å². The van der Waals surface area contributed by atoms with Crippen molar-refractivity contribution in [3.63, 3.8) is 0 Å². The average Bonchev–Trinajstić information content (AvgIpc) is 3.29. The molecule has 0 bridgehead atoms. The van der Waals surface area contributed by atoms with E-state index in [0.29, 0.717) is 17.9 Å². The molecule has 30 heavy (non-hydrogen) atoms. The van der Waals surface area contributed by atoms with Crippen molar-refractivity contribution in [2.75, 3.05) is 33.0 Å². The summed E-state index contributed by atoms with van der Waals surface area (Å²) in [4.78, 5) is 15.7. The Balaban J connectivity index is 1.90. The van der Waals surface area contributed by atoms with Gasteiger partial charge in [-0.15, -0.1) is 11.8 Å². The van der Waals surface area contributed by atoms with Gasteiger partial charge in [-0.2, -0.15) is 4.31 Å². The van der Waals surface area contributed by atoms with Crippen LogP contribution in [0.1, 0.15) is 35.7 Å². The summed E-state index contributed by atoms with van der Waals surface area (Å²) in [5.41, 5.74) is 1.24. The van der Waals surface area contributed by atoms with Crippen LogP contribution in [0.15, 0.2) is 52.3 Å². The zero-order valence-electron chi connectivity index (χ0n) is 17.6. The van der Waals surface area contributed by atoms with Crippen LogP contribution in [0.2, 0.25) is 0 Å². The van der Waals surface area contributed by atoms with Crippen molar-refractivity contribution in [3.05, 3.63) is 53.6 Å². The van der Waals surface area contributed by atoms with E-state index in [1.807, 2.05) is 37.4 Å². The van der Waals surface area contributed by atoms with Gasteiger partial charge in [0, 0.05) is 37.1 Å². The molecule has 0 unspecified atom stereocenters. The molecule has 1 amide bonds. The Kier molecular flexibility index (Phi) is 7.44. The smallest absolute Gasteiger partial charge is 0.255 e. The van der Waals surface area contributed by atoms with E-state index in [1.54, 1.807) is 24.1 Å². The molecular weight excluding hydrogens is 420 g/mol. The molecule has 6 nitrogen and oxygen atoms in total. The second-order valence-electron chi connectivity index (χ2n) is 7.16. The second-order valence-corrected chi connectivity index (χ2v) is 10.1. The third kappa shape index (κ3) is 4.82. The van der Waals surface area contributed by atoms with E-state index in [9.17, 15) is 13.2 Å². The Labute approximate surface area is 183 Å². The maximum absolute atomic E-state index is 13.3. The van der Waals surface area contributed by atoms with Crippen molar-refractivity contribution in [2.45, 2.75) is 36.1 Å². The predicted octanol–water partition coefficient (Wildman–Crippen LogP) is 3.86. The number of para-hydroxylation sites is 1. The van der Waals surface area contributed by atoms with Crippen LogP contribution < -0.4 is 4.74 Å². The molecule has 0 atom stereocenters. The first-order chi connectivity index (χ1) is 14.4. The number of benzene rings is 2. The summed E-state index contributed by atoms with van der Waals surface area (Å²) in [7, 11) is -2.23. The van der Waals surface area contributed by atoms with E-state index < -0.39 is 10.0 Å². The minimum absolute atomic E-state index is 0.0988. The highest BCUT2D eigenvalue weighted by molar-refractivity contribution is 7.98. The zero-order chi connectivity index (χ0) is 21.7. The standard InChI is InChI=1S/C22H28N2O4S2/c1-4-28-20-10-6-5-9-17(20)16-23(2)30(26,27)18-11-12-21(29-3)19(15-18)22(25)24-13-7-8-14-24/h5-6,9-12,15H,4,7-8,13-14,16H2,1-3H3. The van der Waals surface area contributed by atoms with E-state index in [4.69, 9.17) is 4.74 Å². The molecule has 0 aromatic heterocycles. The van der Waals surface area contributed by atoms with Gasteiger partial charge in [0.05, 0.1) is 17.1 Å². The van der Waals surface area contributed by atoms with Crippen molar-refractivity contribution in [2.24, 2.45) is 0 Å². The highest BCUT2D eigenvalue weighted by Crippen LogP contribution is 2.28. The number of nitrogens with zero attached hydrogens (tertiary/aromatic N) is 2. The Morgan fingerprint density at radius 2 is 1.87 bits per heavy atom. The molecule has 1 saturated heterocycles. The van der Waals surface area contributed by atoms with Crippen molar-refractivity contribution >= 4 is 27.7 Å². The quantitative estimate of drug-likeness (QED) is 0.574. The maximum Gasteiger partial charge on any atom is 0.255 e. The average molecular weight is 449 g/mol. The lowest BCUT2D eigenvalue weighted by molar-refractivity contribution is 0.0789. The summed E-state index contributed by atoms with van der Waals surface area (Å²) >= 11 is 1.45. The van der Waals surface area contributed by atoms with E-state index >= 15 is 0 Å². The summed E-state index contributed by atoms with van der Waals surface area (Å²) < 4.78 is 33.4. The van der Waals surface area contributed by atoms with E-state index in [0.717, 1.165) is 36.4 Å². The van der Waals surface area contributed by atoms with Crippen LogP contribution in [0, 0.1) is 0 Å². The van der Waals surface area contributed by atoms with Crippen LogP contribution in [-0.2, 0) is 16.6 Å². The molecule has 2 aromatic carbocycles. The summed E-state index contributed by atoms with van der Waals surface area (Å²) in [6.45, 7) is 4.02. The van der Waals surface area contributed by atoms with Gasteiger partial charge in [-0.3, -0.25) is 4.79 Å². The first kappa shape index (κ1) is 22.7. The molecular formula is C22H28N2O4S2. The van der Waals surface area contributed by atoms with Crippen LogP contribution in [0.25, 0.3) is 0 Å². The molecule has 1 heterocycles. The number of amides is 1. The Hall–Kier alpha value is -2.03. The number of thioether (sulfide) groups is 1. The third-order valence-corrected chi connectivity index (χ3v) is 7.76. The van der Waals surface area contributed by atoms with Gasteiger partial charge in [0.2, 0.25) is 10.0 Å². The number of rotatable bonds is 8. The molecule has 1 aliphatic heterocycles. The Morgan fingerprint density at radius 3 is 2.53 bits per heavy atom. The van der Waals surface area contributed by atoms with Gasteiger partial charge in [-0.25, -0.2) is 8.42 Å². The van der Waals surface area contributed by atoms with Crippen LogP contribution >= 0.6 is 11.8 Å². The third-order valence-electron chi connectivity index (χ3n) is 5.17. The van der Waals surface area contributed by atoms with Gasteiger partial charge in [-0.1, -0.05) is 18.2 Å². The lowest BCUT2D eigenvalue weighted by Gasteiger charge is -2.21. The predicted molar refractivity (Wildman–Crippen MR) is 120 cm³/mol. The number of ether oxygens (including phenoxy) is 1. The van der Waals surface area contributed by atoms with Crippen LogP contribution in [-0.4, -0.2) is 56.5 Å². The molecule has 0 N–H and O–H groups in total. The highest BCUT2D eigenvalue weighted by atomic mass is 32.2. The number of hydrogen-bond acceptors (Lipinski definition) is 5. The first-order valence-electron chi connectivity index (χ1n) is 10.0. The molecule has 0 radical (unpaired) electrons. The van der Waals surface area contributed by atoms with Gasteiger partial charge in [0.25, 0.3) is 5.91 Å². The first-order valence-corrected chi connectivity index (χ1v) is 12.7. The lowest BCUT2D eigenvalue weighted by atomic mass is 10.2. The van der Waals surface area contributed by atoms with Crippen molar-refractivity contribution < 1.29 is 17.9 Å². The molecule has 0 aliphatic carbocycles. The fourth-order valence-electron chi connectivity index (χ4n) is 3.54. The van der Waals surface area contributed by atoms with Crippen LogP contribution in [0.5, 0.6) is 5.75 Å². The minimum Gasteiger partial charge on any atom is -0.494 e. The summed E-state index contributed by atoms with van der Waals surface area (Å²) in [6.07, 6.45) is 3.86. The summed E-state index contributed by atoms with van der Waals surface area (Å²) in [5, 5.41) is 0.